The zero-order valence-corrected chi connectivity index (χ0v) is 15.2. The topological polar surface area (TPSA) is 83.0 Å². The van der Waals surface area contributed by atoms with E-state index in [4.69, 9.17) is 4.74 Å². The van der Waals surface area contributed by atoms with Gasteiger partial charge >= 0.3 is 6.09 Å². The number of halogens is 1. The lowest BCUT2D eigenvalue weighted by molar-refractivity contribution is -0.111. The van der Waals surface area contributed by atoms with E-state index in [0.29, 0.717) is 6.54 Å². The Morgan fingerprint density at radius 3 is 2.65 bits per heavy atom. The zero-order valence-electron chi connectivity index (χ0n) is 15.2. The summed E-state index contributed by atoms with van der Waals surface area (Å²) < 4.78 is 18.7. The van der Waals surface area contributed by atoms with Crippen LogP contribution in [-0.4, -0.2) is 42.4 Å². The van der Waals surface area contributed by atoms with Crippen LogP contribution in [0.1, 0.15) is 20.8 Å². The molecule has 140 valence electrons. The lowest BCUT2D eigenvalue weighted by atomic mass is 10.1. The SMILES string of the molecule is CN1CC(/C=C/C(=O)Nc2cc(F)ccc2NC(=O)OC(C)(C)C)C=N1. The van der Waals surface area contributed by atoms with E-state index in [1.807, 2.05) is 7.05 Å². The van der Waals surface area contributed by atoms with Gasteiger partial charge in [-0.25, -0.2) is 9.18 Å². The van der Waals surface area contributed by atoms with Gasteiger partial charge in [-0.3, -0.25) is 15.1 Å². The van der Waals surface area contributed by atoms with Crippen LogP contribution < -0.4 is 10.6 Å². The molecule has 1 aliphatic heterocycles. The first kappa shape index (κ1) is 19.4. The van der Waals surface area contributed by atoms with E-state index in [9.17, 15) is 14.0 Å². The molecule has 1 aliphatic rings. The van der Waals surface area contributed by atoms with Crippen LogP contribution in [0.2, 0.25) is 0 Å². The van der Waals surface area contributed by atoms with Crippen LogP contribution in [-0.2, 0) is 9.53 Å². The van der Waals surface area contributed by atoms with Crippen molar-refractivity contribution in [1.82, 2.24) is 5.01 Å². The second kappa shape index (κ2) is 7.99. The van der Waals surface area contributed by atoms with E-state index in [1.165, 1.54) is 18.2 Å². The van der Waals surface area contributed by atoms with Crippen molar-refractivity contribution < 1.29 is 18.7 Å². The maximum absolute atomic E-state index is 13.5. The molecule has 0 saturated heterocycles. The molecule has 0 fully saturated rings. The molecular formula is C18H23FN4O3. The molecule has 1 heterocycles. The average Bonchev–Trinajstić information content (AvgIpc) is 2.92. The number of hydrazone groups is 1. The largest absolute Gasteiger partial charge is 0.444 e. The molecule has 7 nitrogen and oxygen atoms in total. The van der Waals surface area contributed by atoms with E-state index < -0.39 is 23.4 Å². The lowest BCUT2D eigenvalue weighted by Gasteiger charge is -2.20. The molecule has 26 heavy (non-hydrogen) atoms. The smallest absolute Gasteiger partial charge is 0.412 e. The highest BCUT2D eigenvalue weighted by Crippen LogP contribution is 2.24. The fourth-order valence-corrected chi connectivity index (χ4v) is 2.24. The summed E-state index contributed by atoms with van der Waals surface area (Å²) in [5, 5.41) is 10.9. The molecule has 1 atom stereocenters. The van der Waals surface area contributed by atoms with Crippen LogP contribution in [0.15, 0.2) is 35.5 Å². The molecule has 8 heteroatoms. The maximum atomic E-state index is 13.5. The number of amides is 2. The van der Waals surface area contributed by atoms with Crippen molar-refractivity contribution in [1.29, 1.82) is 0 Å². The summed E-state index contributed by atoms with van der Waals surface area (Å²) >= 11 is 0. The van der Waals surface area contributed by atoms with Crippen molar-refractivity contribution in [2.24, 2.45) is 11.0 Å². The Morgan fingerprint density at radius 2 is 2.04 bits per heavy atom. The van der Waals surface area contributed by atoms with Crippen molar-refractivity contribution in [3.05, 3.63) is 36.2 Å². The maximum Gasteiger partial charge on any atom is 0.412 e. The number of rotatable bonds is 4. The van der Waals surface area contributed by atoms with Gasteiger partial charge in [0.05, 0.1) is 11.4 Å². The molecule has 0 saturated carbocycles. The summed E-state index contributed by atoms with van der Waals surface area (Å²) in [6.07, 6.45) is 4.11. The van der Waals surface area contributed by atoms with E-state index in [0.717, 1.165) is 6.07 Å². The minimum Gasteiger partial charge on any atom is -0.444 e. The highest BCUT2D eigenvalue weighted by atomic mass is 19.1. The van der Waals surface area contributed by atoms with Crippen molar-refractivity contribution >= 4 is 29.6 Å². The number of carbonyl (C=O) groups is 2. The summed E-state index contributed by atoms with van der Waals surface area (Å²) in [4.78, 5) is 24.0. The molecule has 2 rings (SSSR count). The van der Waals surface area contributed by atoms with Gasteiger partial charge < -0.3 is 10.1 Å². The van der Waals surface area contributed by atoms with Gasteiger partial charge in [0.15, 0.2) is 0 Å². The molecule has 0 aromatic heterocycles. The second-order valence-corrected chi connectivity index (χ2v) is 6.93. The highest BCUT2D eigenvalue weighted by molar-refractivity contribution is 6.03. The first-order chi connectivity index (χ1) is 12.1. The van der Waals surface area contributed by atoms with Gasteiger partial charge in [-0.15, -0.1) is 0 Å². The third-order valence-corrected chi connectivity index (χ3v) is 3.30. The normalized spacial score (nSPS) is 16.8. The summed E-state index contributed by atoms with van der Waals surface area (Å²) in [6.45, 7) is 5.88. The summed E-state index contributed by atoms with van der Waals surface area (Å²) in [5.74, 6) is -0.938. The third kappa shape index (κ3) is 6.19. The fourth-order valence-electron chi connectivity index (χ4n) is 2.24. The molecular weight excluding hydrogens is 339 g/mol. The van der Waals surface area contributed by atoms with Crippen LogP contribution in [0.25, 0.3) is 0 Å². The summed E-state index contributed by atoms with van der Waals surface area (Å²) in [6, 6.07) is 3.67. The van der Waals surface area contributed by atoms with Gasteiger partial charge in [0.1, 0.15) is 11.4 Å². The van der Waals surface area contributed by atoms with Crippen LogP contribution >= 0.6 is 0 Å². The van der Waals surface area contributed by atoms with Crippen LogP contribution in [0.5, 0.6) is 0 Å². The van der Waals surface area contributed by atoms with Gasteiger partial charge in [0, 0.05) is 25.7 Å². The van der Waals surface area contributed by atoms with Gasteiger partial charge in [0.2, 0.25) is 5.91 Å². The second-order valence-electron chi connectivity index (χ2n) is 6.93. The van der Waals surface area contributed by atoms with E-state index in [-0.39, 0.29) is 17.3 Å². The van der Waals surface area contributed by atoms with Crippen molar-refractivity contribution in [3.63, 3.8) is 0 Å². The molecule has 0 bridgehead atoms. The number of hydrogen-bond donors (Lipinski definition) is 2. The molecule has 1 unspecified atom stereocenters. The summed E-state index contributed by atoms with van der Waals surface area (Å²) in [7, 11) is 1.84. The monoisotopic (exact) mass is 362 g/mol. The van der Waals surface area contributed by atoms with E-state index in [2.05, 4.69) is 15.7 Å². The Bertz CT molecular complexity index is 740. The van der Waals surface area contributed by atoms with E-state index >= 15 is 0 Å². The van der Waals surface area contributed by atoms with Gasteiger partial charge in [-0.2, -0.15) is 5.10 Å². The molecule has 1 aromatic rings. The molecule has 0 radical (unpaired) electrons. The number of nitrogens with one attached hydrogen (secondary N) is 2. The predicted octanol–water partition coefficient (Wildman–Crippen LogP) is 3.21. The predicted molar refractivity (Wildman–Crippen MR) is 98.6 cm³/mol. The molecule has 2 N–H and O–H groups in total. The Hall–Kier alpha value is -2.90. The first-order valence-electron chi connectivity index (χ1n) is 8.16. The van der Waals surface area contributed by atoms with Crippen molar-refractivity contribution in [2.45, 2.75) is 26.4 Å². The van der Waals surface area contributed by atoms with Crippen molar-refractivity contribution in [2.75, 3.05) is 24.2 Å². The summed E-state index contributed by atoms with van der Waals surface area (Å²) in [5.41, 5.74) is -0.293. The number of hydrogen-bond acceptors (Lipinski definition) is 5. The third-order valence-electron chi connectivity index (χ3n) is 3.30. The molecule has 0 aliphatic carbocycles. The van der Waals surface area contributed by atoms with Crippen molar-refractivity contribution in [3.8, 4) is 0 Å². The Labute approximate surface area is 151 Å². The molecule has 2 amide bonds. The Kier molecular flexibility index (Phi) is 5.97. The standard InChI is InChI=1S/C18H23FN4O3/c1-18(2,3)26-17(25)22-14-7-6-13(19)9-15(14)21-16(24)8-5-12-10-20-23(4)11-12/h5-10,12H,11H2,1-4H3,(H,21,24)(H,22,25)/b8-5+. The first-order valence-corrected chi connectivity index (χ1v) is 8.16. The lowest BCUT2D eigenvalue weighted by Crippen LogP contribution is -2.27. The number of benzene rings is 1. The number of nitrogens with zero attached hydrogens (tertiary/aromatic N) is 2. The minimum atomic E-state index is -0.694. The minimum absolute atomic E-state index is 0.0395. The Morgan fingerprint density at radius 1 is 1.31 bits per heavy atom. The van der Waals surface area contributed by atoms with E-state index in [1.54, 1.807) is 38.1 Å². The highest BCUT2D eigenvalue weighted by Gasteiger charge is 2.18. The quantitative estimate of drug-likeness (QED) is 0.806. The zero-order chi connectivity index (χ0) is 19.3. The van der Waals surface area contributed by atoms with Gasteiger partial charge in [0.25, 0.3) is 0 Å². The number of ether oxygens (including phenoxy) is 1. The van der Waals surface area contributed by atoms with Crippen LogP contribution in [0.3, 0.4) is 0 Å². The van der Waals surface area contributed by atoms with Crippen LogP contribution in [0, 0.1) is 11.7 Å². The molecule has 1 aromatic carbocycles. The number of carbonyl (C=O) groups excluding carboxylic acids is 2. The Balaban J connectivity index is 2.04. The average molecular weight is 362 g/mol. The van der Waals surface area contributed by atoms with Gasteiger partial charge in [-0.05, 0) is 45.0 Å². The number of anilines is 2. The van der Waals surface area contributed by atoms with Gasteiger partial charge in [-0.1, -0.05) is 6.08 Å². The fraction of sp³-hybridized carbons (Fsp3) is 0.389. The molecule has 0 spiro atoms. The van der Waals surface area contributed by atoms with Crippen LogP contribution in [0.4, 0.5) is 20.6 Å².